The summed E-state index contributed by atoms with van der Waals surface area (Å²) < 4.78 is 1.09. The normalized spacial score (nSPS) is 13.1. The lowest BCUT2D eigenvalue weighted by Crippen LogP contribution is -2.19. The lowest BCUT2D eigenvalue weighted by Gasteiger charge is -2.16. The summed E-state index contributed by atoms with van der Waals surface area (Å²) >= 11 is 3.56. The van der Waals surface area contributed by atoms with Crippen LogP contribution in [-0.2, 0) is 6.54 Å². The summed E-state index contributed by atoms with van der Waals surface area (Å²) in [5.74, 6) is 0.121. The molecule has 0 bridgehead atoms. The number of halogens is 1. The maximum atomic E-state index is 8.72. The number of hydrogen-bond acceptors (Lipinski definition) is 3. The van der Waals surface area contributed by atoms with E-state index in [1.165, 1.54) is 5.56 Å². The van der Waals surface area contributed by atoms with Gasteiger partial charge in [-0.15, -0.1) is 0 Å². The highest BCUT2D eigenvalue weighted by Crippen LogP contribution is 2.23. The molecular formula is C16H18BrN3O. The fourth-order valence-corrected chi connectivity index (χ4v) is 2.73. The molecule has 0 saturated carbocycles. The molecule has 0 aliphatic rings. The minimum atomic E-state index is 0.121. The summed E-state index contributed by atoms with van der Waals surface area (Å²) in [4.78, 5) is 0. The SMILES string of the molecule is C[C@H](NCc1cccc(/C(N)=N/O)c1)c1ccccc1Br. The molecule has 21 heavy (non-hydrogen) atoms. The molecule has 0 saturated heterocycles. The van der Waals surface area contributed by atoms with E-state index in [4.69, 9.17) is 10.9 Å². The predicted octanol–water partition coefficient (Wildman–Crippen LogP) is 3.39. The molecule has 2 rings (SSSR count). The molecular weight excluding hydrogens is 330 g/mol. The zero-order valence-corrected chi connectivity index (χ0v) is 13.3. The molecule has 4 N–H and O–H groups in total. The lowest BCUT2D eigenvalue weighted by molar-refractivity contribution is 0.318. The van der Waals surface area contributed by atoms with Gasteiger partial charge < -0.3 is 16.3 Å². The van der Waals surface area contributed by atoms with Crippen molar-refractivity contribution in [1.29, 1.82) is 0 Å². The van der Waals surface area contributed by atoms with Gasteiger partial charge in [-0.1, -0.05) is 57.5 Å². The number of nitrogens with zero attached hydrogens (tertiary/aromatic N) is 1. The van der Waals surface area contributed by atoms with Crippen molar-refractivity contribution in [2.24, 2.45) is 10.9 Å². The average molecular weight is 348 g/mol. The molecule has 5 heteroatoms. The summed E-state index contributed by atoms with van der Waals surface area (Å²) in [6.45, 7) is 2.82. The molecule has 0 amide bonds. The second kappa shape index (κ2) is 7.24. The number of amidine groups is 1. The maximum absolute atomic E-state index is 8.72. The molecule has 0 aliphatic heterocycles. The monoisotopic (exact) mass is 347 g/mol. The fourth-order valence-electron chi connectivity index (χ4n) is 2.11. The number of benzene rings is 2. The zero-order valence-electron chi connectivity index (χ0n) is 11.8. The van der Waals surface area contributed by atoms with Gasteiger partial charge in [0.05, 0.1) is 0 Å². The van der Waals surface area contributed by atoms with Crippen molar-refractivity contribution in [2.75, 3.05) is 0 Å². The van der Waals surface area contributed by atoms with Crippen molar-refractivity contribution in [3.05, 3.63) is 69.7 Å². The molecule has 0 fully saturated rings. The van der Waals surface area contributed by atoms with Crippen LogP contribution in [0.15, 0.2) is 58.2 Å². The summed E-state index contributed by atoms with van der Waals surface area (Å²) in [7, 11) is 0. The van der Waals surface area contributed by atoms with E-state index in [9.17, 15) is 0 Å². The second-order valence-corrected chi connectivity index (χ2v) is 5.66. The zero-order chi connectivity index (χ0) is 15.2. The molecule has 0 heterocycles. The first-order valence-corrected chi connectivity index (χ1v) is 7.45. The molecule has 0 unspecified atom stereocenters. The van der Waals surface area contributed by atoms with Crippen LogP contribution in [0, 0.1) is 0 Å². The Balaban J connectivity index is 2.05. The van der Waals surface area contributed by atoms with Crippen molar-refractivity contribution in [1.82, 2.24) is 5.32 Å². The van der Waals surface area contributed by atoms with Crippen LogP contribution < -0.4 is 11.1 Å². The summed E-state index contributed by atoms with van der Waals surface area (Å²) in [5.41, 5.74) is 8.61. The smallest absolute Gasteiger partial charge is 0.170 e. The lowest BCUT2D eigenvalue weighted by atomic mass is 10.1. The van der Waals surface area contributed by atoms with Crippen LogP contribution in [0.3, 0.4) is 0 Å². The van der Waals surface area contributed by atoms with Crippen LogP contribution >= 0.6 is 15.9 Å². The highest BCUT2D eigenvalue weighted by molar-refractivity contribution is 9.10. The van der Waals surface area contributed by atoms with E-state index in [1.54, 1.807) is 0 Å². The van der Waals surface area contributed by atoms with Crippen LogP contribution in [0.1, 0.15) is 29.7 Å². The molecule has 0 aromatic heterocycles. The van der Waals surface area contributed by atoms with Gasteiger partial charge in [0.25, 0.3) is 0 Å². The van der Waals surface area contributed by atoms with Gasteiger partial charge in [-0.3, -0.25) is 0 Å². The van der Waals surface area contributed by atoms with Gasteiger partial charge in [-0.25, -0.2) is 0 Å². The van der Waals surface area contributed by atoms with Crippen LogP contribution in [0.25, 0.3) is 0 Å². The number of nitrogens with one attached hydrogen (secondary N) is 1. The first-order chi connectivity index (χ1) is 10.1. The number of nitrogens with two attached hydrogens (primary N) is 1. The maximum Gasteiger partial charge on any atom is 0.170 e. The minimum Gasteiger partial charge on any atom is -0.409 e. The topological polar surface area (TPSA) is 70.6 Å². The molecule has 4 nitrogen and oxygen atoms in total. The highest BCUT2D eigenvalue weighted by atomic mass is 79.9. The standard InChI is InChI=1S/C16H18BrN3O/c1-11(14-7-2-3-8-15(14)17)19-10-12-5-4-6-13(9-12)16(18)20-21/h2-9,11,19,21H,10H2,1H3,(H2,18,20)/t11-/m0/s1. The van der Waals surface area contributed by atoms with E-state index in [1.807, 2.05) is 42.5 Å². The van der Waals surface area contributed by atoms with Gasteiger partial charge in [0.15, 0.2) is 5.84 Å². The minimum absolute atomic E-state index is 0.121. The summed E-state index contributed by atoms with van der Waals surface area (Å²) in [5, 5.41) is 15.2. The Labute approximate surface area is 132 Å². The van der Waals surface area contributed by atoms with Crippen molar-refractivity contribution < 1.29 is 5.21 Å². The van der Waals surface area contributed by atoms with E-state index < -0.39 is 0 Å². The van der Waals surface area contributed by atoms with Crippen LogP contribution in [0.2, 0.25) is 0 Å². The Bertz CT molecular complexity index is 643. The Morgan fingerprint density at radius 3 is 2.76 bits per heavy atom. The molecule has 1 atom stereocenters. The second-order valence-electron chi connectivity index (χ2n) is 4.81. The van der Waals surface area contributed by atoms with E-state index in [0.717, 1.165) is 10.0 Å². The molecule has 0 spiro atoms. The van der Waals surface area contributed by atoms with Gasteiger partial charge in [-0.05, 0) is 30.2 Å². The van der Waals surface area contributed by atoms with Gasteiger partial charge in [-0.2, -0.15) is 0 Å². The van der Waals surface area contributed by atoms with Crippen molar-refractivity contribution in [3.8, 4) is 0 Å². The number of oxime groups is 1. The predicted molar refractivity (Wildman–Crippen MR) is 88.3 cm³/mol. The Kier molecular flexibility index (Phi) is 5.36. The number of hydrogen-bond donors (Lipinski definition) is 3. The first kappa shape index (κ1) is 15.5. The van der Waals surface area contributed by atoms with E-state index >= 15 is 0 Å². The van der Waals surface area contributed by atoms with Crippen molar-refractivity contribution in [3.63, 3.8) is 0 Å². The third-order valence-electron chi connectivity index (χ3n) is 3.31. The van der Waals surface area contributed by atoms with Crippen molar-refractivity contribution >= 4 is 21.8 Å². The van der Waals surface area contributed by atoms with Gasteiger partial charge in [0, 0.05) is 22.6 Å². The Morgan fingerprint density at radius 2 is 2.05 bits per heavy atom. The largest absolute Gasteiger partial charge is 0.409 e. The van der Waals surface area contributed by atoms with Gasteiger partial charge in [0.2, 0.25) is 0 Å². The molecule has 0 aliphatic carbocycles. The number of rotatable bonds is 5. The quantitative estimate of drug-likeness (QED) is 0.336. The van der Waals surface area contributed by atoms with E-state index in [2.05, 4.69) is 39.4 Å². The third kappa shape index (κ3) is 4.06. The van der Waals surface area contributed by atoms with E-state index in [-0.39, 0.29) is 11.9 Å². The van der Waals surface area contributed by atoms with Crippen molar-refractivity contribution in [2.45, 2.75) is 19.5 Å². The molecule has 2 aromatic carbocycles. The van der Waals surface area contributed by atoms with Gasteiger partial charge >= 0.3 is 0 Å². The molecule has 0 radical (unpaired) electrons. The average Bonchev–Trinajstić information content (AvgIpc) is 2.52. The third-order valence-corrected chi connectivity index (χ3v) is 4.04. The Hall–Kier alpha value is -1.85. The van der Waals surface area contributed by atoms with Gasteiger partial charge in [0.1, 0.15) is 0 Å². The first-order valence-electron chi connectivity index (χ1n) is 6.66. The summed E-state index contributed by atoms with van der Waals surface area (Å²) in [6, 6.07) is 16.0. The van der Waals surface area contributed by atoms with E-state index in [0.29, 0.717) is 12.1 Å². The van der Waals surface area contributed by atoms with Crippen LogP contribution in [0.5, 0.6) is 0 Å². The van der Waals surface area contributed by atoms with Crippen LogP contribution in [-0.4, -0.2) is 11.0 Å². The highest BCUT2D eigenvalue weighted by Gasteiger charge is 2.08. The molecule has 110 valence electrons. The Morgan fingerprint density at radius 1 is 1.29 bits per heavy atom. The van der Waals surface area contributed by atoms with Crippen LogP contribution in [0.4, 0.5) is 0 Å². The summed E-state index contributed by atoms with van der Waals surface area (Å²) in [6.07, 6.45) is 0. The fraction of sp³-hybridized carbons (Fsp3) is 0.188. The molecule has 2 aromatic rings.